The van der Waals surface area contributed by atoms with Crippen LogP contribution < -0.4 is 0 Å². The van der Waals surface area contributed by atoms with Crippen molar-refractivity contribution in [3.63, 3.8) is 0 Å². The van der Waals surface area contributed by atoms with Gasteiger partial charge in [-0.3, -0.25) is 4.79 Å². The van der Waals surface area contributed by atoms with Crippen molar-refractivity contribution in [1.29, 1.82) is 0 Å². The molecule has 0 saturated heterocycles. The van der Waals surface area contributed by atoms with Crippen LogP contribution in [0.2, 0.25) is 0 Å². The van der Waals surface area contributed by atoms with E-state index in [-0.39, 0.29) is 5.92 Å². The zero-order valence-electron chi connectivity index (χ0n) is 10.4. The summed E-state index contributed by atoms with van der Waals surface area (Å²) in [6, 6.07) is 7.76. The van der Waals surface area contributed by atoms with Crippen LogP contribution in [0.3, 0.4) is 0 Å². The summed E-state index contributed by atoms with van der Waals surface area (Å²) in [5.74, 6) is 1.97. The van der Waals surface area contributed by atoms with E-state index in [1.165, 1.54) is 6.42 Å². The normalized spacial score (nSPS) is 29.0. The van der Waals surface area contributed by atoms with Gasteiger partial charge in [0.05, 0.1) is 0 Å². The molecule has 1 saturated carbocycles. The standard InChI is InChI=1S/C15H19BrO/c1-10-7-8-12(9-11(10)2)15(17)13-5-3-4-6-14(13)16/h3-6,10-12H,7-9H2,1-2H3. The minimum Gasteiger partial charge on any atom is -0.294 e. The SMILES string of the molecule is CC1CCC(C(=O)c2ccccc2Br)CC1C. The van der Waals surface area contributed by atoms with Crippen molar-refractivity contribution in [2.24, 2.45) is 17.8 Å². The molecule has 3 atom stereocenters. The molecule has 0 spiro atoms. The van der Waals surface area contributed by atoms with Gasteiger partial charge >= 0.3 is 0 Å². The van der Waals surface area contributed by atoms with Crippen molar-refractivity contribution in [3.05, 3.63) is 34.3 Å². The number of hydrogen-bond acceptors (Lipinski definition) is 1. The van der Waals surface area contributed by atoms with Gasteiger partial charge in [-0.2, -0.15) is 0 Å². The van der Waals surface area contributed by atoms with E-state index in [1.807, 2.05) is 24.3 Å². The molecular formula is C15H19BrO. The van der Waals surface area contributed by atoms with Gasteiger partial charge in [-0.25, -0.2) is 0 Å². The molecule has 1 aliphatic carbocycles. The molecule has 0 heterocycles. The topological polar surface area (TPSA) is 17.1 Å². The van der Waals surface area contributed by atoms with Gasteiger partial charge in [0, 0.05) is 16.0 Å². The smallest absolute Gasteiger partial charge is 0.167 e. The monoisotopic (exact) mass is 294 g/mol. The maximum atomic E-state index is 12.4. The Hall–Kier alpha value is -0.630. The summed E-state index contributed by atoms with van der Waals surface area (Å²) in [6.45, 7) is 4.56. The number of ketones is 1. The van der Waals surface area contributed by atoms with Crippen LogP contribution in [0.1, 0.15) is 43.5 Å². The number of rotatable bonds is 2. The number of hydrogen-bond donors (Lipinski definition) is 0. The fraction of sp³-hybridized carbons (Fsp3) is 0.533. The molecule has 3 unspecified atom stereocenters. The molecule has 2 heteroatoms. The predicted molar refractivity (Wildman–Crippen MR) is 74.1 cm³/mol. The number of benzene rings is 1. The van der Waals surface area contributed by atoms with Gasteiger partial charge in [-0.1, -0.05) is 48.0 Å². The molecule has 1 aliphatic rings. The van der Waals surface area contributed by atoms with Gasteiger partial charge in [-0.15, -0.1) is 0 Å². The van der Waals surface area contributed by atoms with Crippen LogP contribution in [0.4, 0.5) is 0 Å². The second kappa shape index (κ2) is 5.34. The highest BCUT2D eigenvalue weighted by Crippen LogP contribution is 2.35. The van der Waals surface area contributed by atoms with Crippen molar-refractivity contribution in [1.82, 2.24) is 0 Å². The predicted octanol–water partition coefficient (Wildman–Crippen LogP) is 4.70. The molecule has 0 radical (unpaired) electrons. The molecule has 1 aromatic carbocycles. The van der Waals surface area contributed by atoms with Crippen LogP contribution in [0, 0.1) is 17.8 Å². The fourth-order valence-corrected chi connectivity index (χ4v) is 3.15. The maximum Gasteiger partial charge on any atom is 0.167 e. The number of Topliss-reactive ketones (excluding diaryl/α,β-unsaturated/α-hetero) is 1. The number of halogens is 1. The summed E-state index contributed by atoms with van der Waals surface area (Å²) in [6.07, 6.45) is 3.27. The van der Waals surface area contributed by atoms with Crippen molar-refractivity contribution in [3.8, 4) is 0 Å². The van der Waals surface area contributed by atoms with Crippen LogP contribution >= 0.6 is 15.9 Å². The average molecular weight is 295 g/mol. The van der Waals surface area contributed by atoms with Crippen LogP contribution in [-0.2, 0) is 0 Å². The van der Waals surface area contributed by atoms with E-state index < -0.39 is 0 Å². The van der Waals surface area contributed by atoms with Crippen molar-refractivity contribution in [2.45, 2.75) is 33.1 Å². The van der Waals surface area contributed by atoms with Crippen molar-refractivity contribution < 1.29 is 4.79 Å². The molecule has 2 rings (SSSR count). The third-order valence-corrected chi connectivity index (χ3v) is 4.80. The fourth-order valence-electron chi connectivity index (χ4n) is 2.67. The minimum absolute atomic E-state index is 0.222. The Labute approximate surface area is 112 Å². The van der Waals surface area contributed by atoms with E-state index in [1.54, 1.807) is 0 Å². The highest BCUT2D eigenvalue weighted by Gasteiger charge is 2.30. The summed E-state index contributed by atoms with van der Waals surface area (Å²) < 4.78 is 0.927. The maximum absolute atomic E-state index is 12.4. The largest absolute Gasteiger partial charge is 0.294 e. The van der Waals surface area contributed by atoms with E-state index in [0.717, 1.165) is 28.8 Å². The highest BCUT2D eigenvalue weighted by molar-refractivity contribution is 9.10. The molecule has 1 aromatic rings. The summed E-state index contributed by atoms with van der Waals surface area (Å²) >= 11 is 3.47. The Morgan fingerprint density at radius 2 is 1.88 bits per heavy atom. The van der Waals surface area contributed by atoms with Crippen molar-refractivity contribution >= 4 is 21.7 Å². The van der Waals surface area contributed by atoms with Crippen molar-refractivity contribution in [2.75, 3.05) is 0 Å². The number of carbonyl (C=O) groups is 1. The van der Waals surface area contributed by atoms with Gasteiger partial charge in [0.1, 0.15) is 0 Å². The Morgan fingerprint density at radius 3 is 2.53 bits per heavy atom. The summed E-state index contributed by atoms with van der Waals surface area (Å²) in [7, 11) is 0. The second-order valence-electron chi connectivity index (χ2n) is 5.31. The molecule has 0 amide bonds. The van der Waals surface area contributed by atoms with Gasteiger partial charge in [-0.05, 0) is 37.2 Å². The van der Waals surface area contributed by atoms with Crippen LogP contribution in [0.25, 0.3) is 0 Å². The summed E-state index contributed by atoms with van der Waals surface area (Å²) in [4.78, 5) is 12.4. The lowest BCUT2D eigenvalue weighted by molar-refractivity contribution is 0.0837. The quantitative estimate of drug-likeness (QED) is 0.722. The first kappa shape index (κ1) is 12.8. The minimum atomic E-state index is 0.222. The Kier molecular flexibility index (Phi) is 4.03. The van der Waals surface area contributed by atoms with E-state index in [0.29, 0.717) is 11.7 Å². The molecular weight excluding hydrogens is 276 g/mol. The lowest BCUT2D eigenvalue weighted by Gasteiger charge is -2.31. The van der Waals surface area contributed by atoms with Gasteiger partial charge in [0.15, 0.2) is 5.78 Å². The first-order valence-corrected chi connectivity index (χ1v) is 7.17. The lowest BCUT2D eigenvalue weighted by atomic mass is 9.73. The molecule has 17 heavy (non-hydrogen) atoms. The van der Waals surface area contributed by atoms with Gasteiger partial charge in [0.25, 0.3) is 0 Å². The molecule has 92 valence electrons. The van der Waals surface area contributed by atoms with E-state index in [9.17, 15) is 4.79 Å². The molecule has 0 bridgehead atoms. The van der Waals surface area contributed by atoms with Gasteiger partial charge in [0.2, 0.25) is 0 Å². The third-order valence-electron chi connectivity index (χ3n) is 4.11. The first-order valence-electron chi connectivity index (χ1n) is 6.38. The Bertz CT molecular complexity index is 413. The number of carbonyl (C=O) groups excluding carboxylic acids is 1. The molecule has 1 fully saturated rings. The van der Waals surface area contributed by atoms with Crippen LogP contribution in [0.15, 0.2) is 28.7 Å². The average Bonchev–Trinajstić information content (AvgIpc) is 2.32. The van der Waals surface area contributed by atoms with Crippen LogP contribution in [-0.4, -0.2) is 5.78 Å². The second-order valence-corrected chi connectivity index (χ2v) is 6.16. The Morgan fingerprint density at radius 1 is 1.18 bits per heavy atom. The molecule has 0 N–H and O–H groups in total. The van der Waals surface area contributed by atoms with Gasteiger partial charge < -0.3 is 0 Å². The third kappa shape index (κ3) is 2.79. The summed E-state index contributed by atoms with van der Waals surface area (Å²) in [5.41, 5.74) is 0.847. The lowest BCUT2D eigenvalue weighted by Crippen LogP contribution is -2.26. The zero-order valence-corrected chi connectivity index (χ0v) is 12.0. The van der Waals surface area contributed by atoms with E-state index >= 15 is 0 Å². The highest BCUT2D eigenvalue weighted by atomic mass is 79.9. The first-order chi connectivity index (χ1) is 8.09. The molecule has 0 aromatic heterocycles. The molecule has 0 aliphatic heterocycles. The van der Waals surface area contributed by atoms with E-state index in [2.05, 4.69) is 29.8 Å². The Balaban J connectivity index is 2.14. The molecule has 1 nitrogen and oxygen atoms in total. The van der Waals surface area contributed by atoms with Crippen LogP contribution in [0.5, 0.6) is 0 Å². The summed E-state index contributed by atoms with van der Waals surface area (Å²) in [5, 5.41) is 0. The zero-order chi connectivity index (χ0) is 12.4. The van der Waals surface area contributed by atoms with E-state index in [4.69, 9.17) is 0 Å².